The van der Waals surface area contributed by atoms with Gasteiger partial charge >= 0.3 is 0 Å². The minimum Gasteiger partial charge on any atom is -0.315 e. The van der Waals surface area contributed by atoms with Crippen molar-refractivity contribution in [3.63, 3.8) is 0 Å². The first-order valence-electron chi connectivity index (χ1n) is 4.10. The molecule has 0 aliphatic rings. The number of ketones is 1. The second-order valence-electron chi connectivity index (χ2n) is 2.66. The summed E-state index contributed by atoms with van der Waals surface area (Å²) in [5.41, 5.74) is 0. The van der Waals surface area contributed by atoms with Gasteiger partial charge in [0, 0.05) is 6.54 Å². The molecule has 0 saturated heterocycles. The number of carbonyl (C=O) groups is 1. The van der Waals surface area contributed by atoms with Crippen LogP contribution in [0.25, 0.3) is 0 Å². The molecule has 0 amide bonds. The van der Waals surface area contributed by atoms with Gasteiger partial charge in [0.15, 0.2) is 0 Å². The number of likely N-dealkylation sites (N-methyl/N-ethyl adjacent to an activating group) is 1. The average Bonchev–Trinajstić information content (AvgIpc) is 1.97. The lowest BCUT2D eigenvalue weighted by molar-refractivity contribution is -0.118. The van der Waals surface area contributed by atoms with Crippen molar-refractivity contribution in [1.29, 1.82) is 0 Å². The summed E-state index contributed by atoms with van der Waals surface area (Å²) in [7, 11) is 1.81. The van der Waals surface area contributed by atoms with E-state index < -0.39 is 0 Å². The lowest BCUT2D eigenvalue weighted by Crippen LogP contribution is -2.41. The van der Waals surface area contributed by atoms with Crippen LogP contribution in [0.5, 0.6) is 0 Å². The fraction of sp³-hybridized carbons (Fsp3) is 0.875. The second kappa shape index (κ2) is 6.31. The van der Waals surface area contributed by atoms with E-state index in [1.54, 1.807) is 14.0 Å². The van der Waals surface area contributed by atoms with E-state index in [9.17, 15) is 4.79 Å². The summed E-state index contributed by atoms with van der Waals surface area (Å²) in [6.45, 7) is 5.43. The summed E-state index contributed by atoms with van der Waals surface area (Å²) in [5, 5.41) is 6.13. The van der Waals surface area contributed by atoms with E-state index in [-0.39, 0.29) is 11.8 Å². The van der Waals surface area contributed by atoms with Gasteiger partial charge in [0.25, 0.3) is 0 Å². The van der Waals surface area contributed by atoms with Gasteiger partial charge in [-0.3, -0.25) is 4.79 Å². The van der Waals surface area contributed by atoms with E-state index in [2.05, 4.69) is 17.6 Å². The minimum absolute atomic E-state index is 0.0263. The number of carbonyl (C=O) groups excluding carboxylic acids is 1. The van der Waals surface area contributed by atoms with Gasteiger partial charge in [-0.2, -0.15) is 0 Å². The fourth-order valence-electron chi connectivity index (χ4n) is 0.872. The Morgan fingerprint density at radius 2 is 2.18 bits per heavy atom. The van der Waals surface area contributed by atoms with Crippen molar-refractivity contribution in [2.45, 2.75) is 26.3 Å². The molecule has 0 fully saturated rings. The maximum atomic E-state index is 10.9. The number of rotatable bonds is 6. The molecule has 0 aliphatic heterocycles. The highest BCUT2D eigenvalue weighted by Gasteiger charge is 2.09. The zero-order valence-corrected chi connectivity index (χ0v) is 7.61. The maximum Gasteiger partial charge on any atom is 0.147 e. The van der Waals surface area contributed by atoms with Crippen LogP contribution in [0.1, 0.15) is 20.3 Å². The first kappa shape index (κ1) is 10.6. The molecule has 1 unspecified atom stereocenters. The van der Waals surface area contributed by atoms with Gasteiger partial charge in [0.05, 0.1) is 6.04 Å². The quantitative estimate of drug-likeness (QED) is 0.541. The molecule has 0 spiro atoms. The third-order valence-electron chi connectivity index (χ3n) is 1.61. The van der Waals surface area contributed by atoms with Crippen LogP contribution in [0.2, 0.25) is 0 Å². The molecule has 3 heteroatoms. The summed E-state index contributed by atoms with van der Waals surface area (Å²) in [4.78, 5) is 10.9. The van der Waals surface area contributed by atoms with Crippen molar-refractivity contribution in [2.24, 2.45) is 0 Å². The molecule has 0 aliphatic carbocycles. The highest BCUT2D eigenvalue weighted by molar-refractivity contribution is 5.81. The van der Waals surface area contributed by atoms with E-state index in [0.717, 1.165) is 19.5 Å². The van der Waals surface area contributed by atoms with E-state index in [4.69, 9.17) is 0 Å². The maximum absolute atomic E-state index is 10.9. The summed E-state index contributed by atoms with van der Waals surface area (Å²) in [5.74, 6) is 0.191. The Bertz CT molecular complexity index is 115. The Labute approximate surface area is 68.6 Å². The molecule has 0 heterocycles. The van der Waals surface area contributed by atoms with Crippen molar-refractivity contribution in [2.75, 3.05) is 20.1 Å². The van der Waals surface area contributed by atoms with Gasteiger partial charge in [-0.05, 0) is 26.9 Å². The lowest BCUT2D eigenvalue weighted by Gasteiger charge is -2.12. The van der Waals surface area contributed by atoms with E-state index in [1.165, 1.54) is 0 Å². The van der Waals surface area contributed by atoms with Crippen LogP contribution in [0.4, 0.5) is 0 Å². The number of hydrogen-bond donors (Lipinski definition) is 2. The van der Waals surface area contributed by atoms with Gasteiger partial charge in [0.2, 0.25) is 0 Å². The van der Waals surface area contributed by atoms with Crippen molar-refractivity contribution in [3.8, 4) is 0 Å². The van der Waals surface area contributed by atoms with Crippen LogP contribution >= 0.6 is 0 Å². The normalized spacial score (nSPS) is 13.0. The first-order valence-corrected chi connectivity index (χ1v) is 4.10. The molecular weight excluding hydrogens is 140 g/mol. The highest BCUT2D eigenvalue weighted by atomic mass is 16.1. The van der Waals surface area contributed by atoms with Crippen LogP contribution in [0.15, 0.2) is 0 Å². The van der Waals surface area contributed by atoms with Crippen LogP contribution in [0.3, 0.4) is 0 Å². The lowest BCUT2D eigenvalue weighted by atomic mass is 10.2. The molecule has 1 atom stereocenters. The van der Waals surface area contributed by atoms with Gasteiger partial charge < -0.3 is 10.6 Å². The first-order chi connectivity index (χ1) is 5.22. The van der Waals surface area contributed by atoms with E-state index >= 15 is 0 Å². The van der Waals surface area contributed by atoms with Gasteiger partial charge in [-0.25, -0.2) is 0 Å². The Hall–Kier alpha value is -0.410. The van der Waals surface area contributed by atoms with Crippen molar-refractivity contribution < 1.29 is 4.79 Å². The summed E-state index contributed by atoms with van der Waals surface area (Å²) < 4.78 is 0. The second-order valence-corrected chi connectivity index (χ2v) is 2.66. The molecule has 0 aromatic heterocycles. The number of hydrogen-bond acceptors (Lipinski definition) is 3. The summed E-state index contributed by atoms with van der Waals surface area (Å²) in [6.07, 6.45) is 1.11. The Balaban J connectivity index is 3.44. The molecule has 0 aromatic rings. The summed E-state index contributed by atoms with van der Waals surface area (Å²) in [6, 6.07) is -0.0263. The fourth-order valence-corrected chi connectivity index (χ4v) is 0.872. The molecule has 0 saturated carbocycles. The van der Waals surface area contributed by atoms with Crippen LogP contribution < -0.4 is 10.6 Å². The summed E-state index contributed by atoms with van der Waals surface area (Å²) >= 11 is 0. The molecule has 0 radical (unpaired) electrons. The third-order valence-corrected chi connectivity index (χ3v) is 1.61. The van der Waals surface area contributed by atoms with E-state index in [0.29, 0.717) is 0 Å². The van der Waals surface area contributed by atoms with E-state index in [1.807, 2.05) is 0 Å². The highest BCUT2D eigenvalue weighted by Crippen LogP contribution is 1.82. The van der Waals surface area contributed by atoms with Crippen molar-refractivity contribution in [3.05, 3.63) is 0 Å². The zero-order chi connectivity index (χ0) is 8.69. The minimum atomic E-state index is -0.0263. The SMILES string of the molecule is CCCNCC(NC)C(C)=O. The molecule has 0 aromatic carbocycles. The molecule has 2 N–H and O–H groups in total. The Morgan fingerprint density at radius 1 is 1.55 bits per heavy atom. The molecule has 0 rings (SSSR count). The standard InChI is InChI=1S/C8H18N2O/c1-4-5-10-6-8(9-3)7(2)11/h8-10H,4-6H2,1-3H3. The topological polar surface area (TPSA) is 41.1 Å². The Kier molecular flexibility index (Phi) is 6.07. The number of nitrogens with one attached hydrogen (secondary N) is 2. The monoisotopic (exact) mass is 158 g/mol. The van der Waals surface area contributed by atoms with Crippen LogP contribution in [0, 0.1) is 0 Å². The smallest absolute Gasteiger partial charge is 0.147 e. The zero-order valence-electron chi connectivity index (χ0n) is 7.61. The molecule has 3 nitrogen and oxygen atoms in total. The predicted molar refractivity (Wildman–Crippen MR) is 46.7 cm³/mol. The molecular formula is C8H18N2O. The number of Topliss-reactive ketones (excluding diaryl/α,β-unsaturated/α-hetero) is 1. The van der Waals surface area contributed by atoms with Gasteiger partial charge in [-0.15, -0.1) is 0 Å². The van der Waals surface area contributed by atoms with Crippen molar-refractivity contribution in [1.82, 2.24) is 10.6 Å². The van der Waals surface area contributed by atoms with Gasteiger partial charge in [0.1, 0.15) is 5.78 Å². The average molecular weight is 158 g/mol. The molecule has 66 valence electrons. The predicted octanol–water partition coefficient (Wildman–Crippen LogP) is 0.163. The van der Waals surface area contributed by atoms with Crippen LogP contribution in [-0.2, 0) is 4.79 Å². The molecule has 0 bridgehead atoms. The Morgan fingerprint density at radius 3 is 2.55 bits per heavy atom. The molecule has 11 heavy (non-hydrogen) atoms. The van der Waals surface area contributed by atoms with Crippen LogP contribution in [-0.4, -0.2) is 32.0 Å². The van der Waals surface area contributed by atoms with Gasteiger partial charge in [-0.1, -0.05) is 6.92 Å². The van der Waals surface area contributed by atoms with Crippen molar-refractivity contribution >= 4 is 5.78 Å². The third kappa shape index (κ3) is 4.93. The largest absolute Gasteiger partial charge is 0.315 e.